The minimum Gasteiger partial charge on any atom is -0.390 e. The van der Waals surface area contributed by atoms with Gasteiger partial charge in [-0.3, -0.25) is 4.79 Å². The molecule has 0 radical (unpaired) electrons. The molecule has 122 valence electrons. The molecule has 1 aromatic carbocycles. The van der Waals surface area contributed by atoms with Crippen molar-refractivity contribution in [3.63, 3.8) is 0 Å². The fourth-order valence-electron chi connectivity index (χ4n) is 2.75. The summed E-state index contributed by atoms with van der Waals surface area (Å²) in [5.41, 5.74) is 1.54. The van der Waals surface area contributed by atoms with Gasteiger partial charge in [-0.05, 0) is 32.1 Å². The number of anilines is 1. The zero-order valence-electron chi connectivity index (χ0n) is 13.9. The van der Waals surface area contributed by atoms with Crippen molar-refractivity contribution in [1.29, 1.82) is 0 Å². The largest absolute Gasteiger partial charge is 0.390 e. The van der Waals surface area contributed by atoms with Gasteiger partial charge in [-0.1, -0.05) is 26.0 Å². The maximum absolute atomic E-state index is 12.8. The molecule has 1 aromatic rings. The lowest BCUT2D eigenvalue weighted by molar-refractivity contribution is 0.0765. The van der Waals surface area contributed by atoms with Gasteiger partial charge in [0.15, 0.2) is 0 Å². The van der Waals surface area contributed by atoms with Gasteiger partial charge >= 0.3 is 0 Å². The Kier molecular flexibility index (Phi) is 5.42. The number of aliphatic hydroxyl groups is 1. The molecule has 0 aliphatic carbocycles. The van der Waals surface area contributed by atoms with Crippen LogP contribution in [-0.2, 0) is 0 Å². The van der Waals surface area contributed by atoms with Crippen molar-refractivity contribution in [1.82, 2.24) is 9.80 Å². The molecule has 1 aliphatic heterocycles. The third-order valence-corrected chi connectivity index (χ3v) is 4.07. The molecule has 5 nitrogen and oxygen atoms in total. The molecule has 0 spiro atoms. The van der Waals surface area contributed by atoms with E-state index in [1.54, 1.807) is 4.90 Å². The highest BCUT2D eigenvalue weighted by atomic mass is 16.3. The number of carbonyl (C=O) groups excluding carboxylic acids is 1. The van der Waals surface area contributed by atoms with E-state index in [2.05, 4.69) is 19.2 Å². The summed E-state index contributed by atoms with van der Waals surface area (Å²) < 4.78 is 0. The smallest absolute Gasteiger partial charge is 0.256 e. The molecule has 2 rings (SSSR count). The summed E-state index contributed by atoms with van der Waals surface area (Å²) in [6.07, 6.45) is -0.491. The first-order valence-electron chi connectivity index (χ1n) is 7.86. The molecule has 0 saturated carbocycles. The van der Waals surface area contributed by atoms with Gasteiger partial charge < -0.3 is 20.2 Å². The first-order chi connectivity index (χ1) is 10.4. The van der Waals surface area contributed by atoms with Gasteiger partial charge in [-0.15, -0.1) is 0 Å². The molecule has 0 aromatic heterocycles. The molecule has 2 N–H and O–H groups in total. The summed E-state index contributed by atoms with van der Waals surface area (Å²) in [6, 6.07) is 7.59. The number of rotatable bonds is 5. The number of nitrogens with zero attached hydrogens (tertiary/aromatic N) is 2. The maximum Gasteiger partial charge on any atom is 0.256 e. The Bertz CT molecular complexity index is 516. The van der Waals surface area contributed by atoms with Crippen LogP contribution < -0.4 is 5.32 Å². The van der Waals surface area contributed by atoms with Gasteiger partial charge in [0, 0.05) is 25.3 Å². The van der Waals surface area contributed by atoms with Crippen LogP contribution in [0.3, 0.4) is 0 Å². The third kappa shape index (κ3) is 3.78. The lowest BCUT2D eigenvalue weighted by Gasteiger charge is -2.22. The predicted octanol–water partition coefficient (Wildman–Crippen LogP) is 1.50. The van der Waals surface area contributed by atoms with Gasteiger partial charge in [0.1, 0.15) is 0 Å². The highest BCUT2D eigenvalue weighted by Crippen LogP contribution is 2.22. The van der Waals surface area contributed by atoms with Crippen LogP contribution in [0.2, 0.25) is 0 Å². The Morgan fingerprint density at radius 2 is 2.05 bits per heavy atom. The van der Waals surface area contributed by atoms with E-state index in [0.717, 1.165) is 12.2 Å². The van der Waals surface area contributed by atoms with Crippen LogP contribution in [0.5, 0.6) is 0 Å². The van der Waals surface area contributed by atoms with Crippen LogP contribution in [0, 0.1) is 5.92 Å². The molecule has 1 amide bonds. The van der Waals surface area contributed by atoms with Gasteiger partial charge in [0.2, 0.25) is 0 Å². The molecule has 2 atom stereocenters. The third-order valence-electron chi connectivity index (χ3n) is 4.07. The normalized spacial score (nSPS) is 21.7. The van der Waals surface area contributed by atoms with Gasteiger partial charge in [0.05, 0.1) is 17.7 Å². The van der Waals surface area contributed by atoms with Crippen LogP contribution in [0.15, 0.2) is 24.3 Å². The summed E-state index contributed by atoms with van der Waals surface area (Å²) in [4.78, 5) is 16.5. The van der Waals surface area contributed by atoms with E-state index in [-0.39, 0.29) is 11.9 Å². The number of amides is 1. The molecule has 1 aliphatic rings. The summed E-state index contributed by atoms with van der Waals surface area (Å²) >= 11 is 0. The standard InChI is InChI=1S/C17H27N3O2/c1-12(2)9-18-14-8-6-5-7-13(14)17(22)20-10-15(19(3)4)16(21)11-20/h5-8,12,15-16,18,21H,9-11H2,1-4H3/t15-,16-/m0/s1. The van der Waals surface area contributed by atoms with E-state index in [0.29, 0.717) is 24.6 Å². The second-order valence-corrected chi connectivity index (χ2v) is 6.63. The monoisotopic (exact) mass is 305 g/mol. The number of para-hydroxylation sites is 1. The lowest BCUT2D eigenvalue weighted by atomic mass is 10.1. The molecular formula is C17H27N3O2. The maximum atomic E-state index is 12.8. The Hall–Kier alpha value is -1.59. The molecule has 0 bridgehead atoms. The average molecular weight is 305 g/mol. The minimum absolute atomic E-state index is 0.000245. The molecule has 1 saturated heterocycles. The number of aliphatic hydroxyl groups excluding tert-OH is 1. The topological polar surface area (TPSA) is 55.8 Å². The SMILES string of the molecule is CC(C)CNc1ccccc1C(=O)N1C[C@H](O)[C@@H](N(C)C)C1. The second-order valence-electron chi connectivity index (χ2n) is 6.63. The molecule has 1 heterocycles. The molecule has 22 heavy (non-hydrogen) atoms. The Balaban J connectivity index is 2.13. The van der Waals surface area contributed by atoms with Gasteiger partial charge in [0.25, 0.3) is 5.91 Å². The fraction of sp³-hybridized carbons (Fsp3) is 0.588. The zero-order chi connectivity index (χ0) is 16.3. The van der Waals surface area contributed by atoms with Crippen molar-refractivity contribution in [2.75, 3.05) is 39.0 Å². The van der Waals surface area contributed by atoms with Crippen LogP contribution in [0.1, 0.15) is 24.2 Å². The van der Waals surface area contributed by atoms with Crippen molar-refractivity contribution in [2.45, 2.75) is 26.0 Å². The van der Waals surface area contributed by atoms with Crippen LogP contribution in [0.4, 0.5) is 5.69 Å². The van der Waals surface area contributed by atoms with Crippen molar-refractivity contribution in [2.24, 2.45) is 5.92 Å². The summed E-state index contributed by atoms with van der Waals surface area (Å²) in [6.45, 7) is 6.05. The van der Waals surface area contributed by atoms with Gasteiger partial charge in [-0.25, -0.2) is 0 Å². The second kappa shape index (κ2) is 7.11. The quantitative estimate of drug-likeness (QED) is 0.866. The number of β-amino-alcohol motifs (C(OH)–C–C–N with tert-alkyl or cyclic N) is 1. The minimum atomic E-state index is -0.491. The Labute approximate surface area is 132 Å². The highest BCUT2D eigenvalue weighted by molar-refractivity contribution is 5.99. The van der Waals surface area contributed by atoms with E-state index in [1.165, 1.54) is 0 Å². The number of nitrogens with one attached hydrogen (secondary N) is 1. The number of likely N-dealkylation sites (tertiary alicyclic amines) is 1. The number of carbonyl (C=O) groups is 1. The van der Waals surface area contributed by atoms with Crippen molar-refractivity contribution in [3.8, 4) is 0 Å². The molecule has 5 heteroatoms. The van der Waals surface area contributed by atoms with Crippen LogP contribution >= 0.6 is 0 Å². The lowest BCUT2D eigenvalue weighted by Crippen LogP contribution is -2.38. The van der Waals surface area contributed by atoms with Gasteiger partial charge in [-0.2, -0.15) is 0 Å². The number of benzene rings is 1. The van der Waals surface area contributed by atoms with E-state index in [4.69, 9.17) is 0 Å². The summed E-state index contributed by atoms with van der Waals surface area (Å²) in [5.74, 6) is 0.491. The highest BCUT2D eigenvalue weighted by Gasteiger charge is 2.36. The molecule has 0 unspecified atom stereocenters. The number of hydrogen-bond donors (Lipinski definition) is 2. The first kappa shape index (κ1) is 16.8. The Morgan fingerprint density at radius 1 is 1.36 bits per heavy atom. The number of likely N-dealkylation sites (N-methyl/N-ethyl adjacent to an activating group) is 1. The zero-order valence-corrected chi connectivity index (χ0v) is 13.9. The summed E-state index contributed by atoms with van der Waals surface area (Å²) in [5, 5.41) is 13.5. The molecule has 1 fully saturated rings. The summed E-state index contributed by atoms with van der Waals surface area (Å²) in [7, 11) is 3.86. The van der Waals surface area contributed by atoms with Crippen molar-refractivity contribution in [3.05, 3.63) is 29.8 Å². The number of hydrogen-bond acceptors (Lipinski definition) is 4. The average Bonchev–Trinajstić information content (AvgIpc) is 2.87. The fourth-order valence-corrected chi connectivity index (χ4v) is 2.75. The van der Waals surface area contributed by atoms with E-state index in [9.17, 15) is 9.90 Å². The first-order valence-corrected chi connectivity index (χ1v) is 7.86. The van der Waals surface area contributed by atoms with Crippen LogP contribution in [0.25, 0.3) is 0 Å². The predicted molar refractivity (Wildman–Crippen MR) is 89.2 cm³/mol. The van der Waals surface area contributed by atoms with E-state index >= 15 is 0 Å². The molecular weight excluding hydrogens is 278 g/mol. The van der Waals surface area contributed by atoms with E-state index in [1.807, 2.05) is 43.3 Å². The van der Waals surface area contributed by atoms with Crippen LogP contribution in [-0.4, -0.2) is 66.7 Å². The van der Waals surface area contributed by atoms with Crippen molar-refractivity contribution >= 4 is 11.6 Å². The van der Waals surface area contributed by atoms with Crippen molar-refractivity contribution < 1.29 is 9.90 Å². The Morgan fingerprint density at radius 3 is 2.64 bits per heavy atom. The van der Waals surface area contributed by atoms with E-state index < -0.39 is 6.10 Å².